The zero-order chi connectivity index (χ0) is 13.1. The highest BCUT2D eigenvalue weighted by molar-refractivity contribution is 5.38. The Bertz CT molecular complexity index is 617. The maximum absolute atomic E-state index is 11.8. The third-order valence-corrected chi connectivity index (χ3v) is 3.07. The molecule has 1 aromatic carbocycles. The van der Waals surface area contributed by atoms with E-state index in [1.54, 1.807) is 0 Å². The number of nitrogen functional groups attached to an aromatic ring is 1. The van der Waals surface area contributed by atoms with Gasteiger partial charge in [-0.1, -0.05) is 31.2 Å². The number of hydrogen-bond donors (Lipinski definition) is 2. The number of nitrogens with zero attached hydrogens (tertiary/aromatic N) is 1. The predicted octanol–water partition coefficient (Wildman–Crippen LogP) is 1.81. The molecule has 0 saturated heterocycles. The first-order chi connectivity index (χ1) is 8.61. The lowest BCUT2D eigenvalue weighted by molar-refractivity contribution is 0.912. The minimum absolute atomic E-state index is 0.131. The molecular weight excluding hydrogens is 226 g/mol. The van der Waals surface area contributed by atoms with Crippen molar-refractivity contribution >= 4 is 5.82 Å². The van der Waals surface area contributed by atoms with Crippen molar-refractivity contribution in [3.8, 4) is 0 Å². The summed E-state index contributed by atoms with van der Waals surface area (Å²) in [5, 5.41) is 0. The molecule has 1 aromatic heterocycles. The van der Waals surface area contributed by atoms with E-state index >= 15 is 0 Å². The minimum atomic E-state index is -0.131. The Morgan fingerprint density at radius 3 is 2.67 bits per heavy atom. The molecule has 0 bridgehead atoms. The Morgan fingerprint density at radius 2 is 2.06 bits per heavy atom. The first-order valence-electron chi connectivity index (χ1n) is 6.04. The molecule has 0 aliphatic carbocycles. The lowest BCUT2D eigenvalue weighted by Crippen LogP contribution is -2.19. The number of nitrogens with two attached hydrogens (primary N) is 1. The molecule has 0 spiro atoms. The van der Waals surface area contributed by atoms with Crippen molar-refractivity contribution in [2.24, 2.45) is 0 Å². The van der Waals surface area contributed by atoms with Crippen molar-refractivity contribution in [1.29, 1.82) is 0 Å². The van der Waals surface area contributed by atoms with Crippen LogP contribution in [0.5, 0.6) is 0 Å². The van der Waals surface area contributed by atoms with Crippen LogP contribution in [0, 0.1) is 6.92 Å². The highest BCUT2D eigenvalue weighted by atomic mass is 16.1. The second kappa shape index (κ2) is 5.04. The number of aromatic nitrogens is 2. The fraction of sp³-hybridized carbons (Fsp3) is 0.286. The summed E-state index contributed by atoms with van der Waals surface area (Å²) in [5.41, 5.74) is 8.54. The van der Waals surface area contributed by atoms with Gasteiger partial charge in [-0.3, -0.25) is 4.79 Å². The summed E-state index contributed by atoms with van der Waals surface area (Å²) in [4.78, 5) is 18.9. The van der Waals surface area contributed by atoms with Gasteiger partial charge in [-0.25, -0.2) is 4.98 Å². The van der Waals surface area contributed by atoms with Crippen LogP contribution < -0.4 is 11.3 Å². The van der Waals surface area contributed by atoms with Gasteiger partial charge in [0.05, 0.1) is 5.56 Å². The van der Waals surface area contributed by atoms with E-state index in [4.69, 9.17) is 5.73 Å². The van der Waals surface area contributed by atoms with Crippen LogP contribution >= 0.6 is 0 Å². The summed E-state index contributed by atoms with van der Waals surface area (Å²) < 4.78 is 0. The Hall–Kier alpha value is -2.10. The van der Waals surface area contributed by atoms with Crippen LogP contribution in [-0.4, -0.2) is 9.97 Å². The van der Waals surface area contributed by atoms with Crippen LogP contribution in [0.1, 0.15) is 29.4 Å². The third kappa shape index (κ3) is 2.42. The molecule has 0 amide bonds. The molecule has 2 rings (SSSR count). The van der Waals surface area contributed by atoms with Gasteiger partial charge in [0.25, 0.3) is 5.56 Å². The van der Waals surface area contributed by atoms with Gasteiger partial charge >= 0.3 is 0 Å². The standard InChI is InChI=1S/C14H17N3O/c1-3-11-13(15)16-12(17-14(11)18)8-10-7-5-4-6-9(10)2/h4-7H,3,8H2,1-2H3,(H3,15,16,17,18). The number of anilines is 1. The lowest BCUT2D eigenvalue weighted by atomic mass is 10.1. The molecule has 94 valence electrons. The van der Waals surface area contributed by atoms with Crippen LogP contribution in [0.4, 0.5) is 5.82 Å². The van der Waals surface area contributed by atoms with Crippen LogP contribution in [0.3, 0.4) is 0 Å². The number of hydrogen-bond acceptors (Lipinski definition) is 3. The van der Waals surface area contributed by atoms with Crippen molar-refractivity contribution in [3.05, 3.63) is 57.1 Å². The van der Waals surface area contributed by atoms with Crippen molar-refractivity contribution in [2.75, 3.05) is 5.73 Å². The second-order valence-corrected chi connectivity index (χ2v) is 4.33. The van der Waals surface area contributed by atoms with Crippen molar-refractivity contribution < 1.29 is 0 Å². The molecule has 4 heteroatoms. The van der Waals surface area contributed by atoms with Gasteiger partial charge in [0.2, 0.25) is 0 Å². The van der Waals surface area contributed by atoms with Gasteiger partial charge in [-0.15, -0.1) is 0 Å². The number of aryl methyl sites for hydroxylation is 1. The van der Waals surface area contributed by atoms with Gasteiger partial charge in [0.1, 0.15) is 11.6 Å². The Balaban J connectivity index is 2.37. The first-order valence-corrected chi connectivity index (χ1v) is 6.04. The summed E-state index contributed by atoms with van der Waals surface area (Å²) >= 11 is 0. The molecule has 2 aromatic rings. The zero-order valence-electron chi connectivity index (χ0n) is 10.7. The minimum Gasteiger partial charge on any atom is -0.383 e. The number of benzene rings is 1. The summed E-state index contributed by atoms with van der Waals surface area (Å²) in [6.45, 7) is 3.93. The van der Waals surface area contributed by atoms with Gasteiger partial charge in [0.15, 0.2) is 0 Å². The van der Waals surface area contributed by atoms with E-state index in [2.05, 4.69) is 9.97 Å². The summed E-state index contributed by atoms with van der Waals surface area (Å²) in [6, 6.07) is 8.03. The fourth-order valence-electron chi connectivity index (χ4n) is 1.98. The molecule has 1 heterocycles. The number of rotatable bonds is 3. The monoisotopic (exact) mass is 243 g/mol. The van der Waals surface area contributed by atoms with Crippen molar-refractivity contribution in [2.45, 2.75) is 26.7 Å². The summed E-state index contributed by atoms with van der Waals surface area (Å²) in [7, 11) is 0. The average molecular weight is 243 g/mol. The Kier molecular flexibility index (Phi) is 3.46. The third-order valence-electron chi connectivity index (χ3n) is 3.07. The smallest absolute Gasteiger partial charge is 0.256 e. The highest BCUT2D eigenvalue weighted by Crippen LogP contribution is 2.12. The molecule has 3 N–H and O–H groups in total. The largest absolute Gasteiger partial charge is 0.383 e. The number of nitrogens with one attached hydrogen (secondary N) is 1. The lowest BCUT2D eigenvalue weighted by Gasteiger charge is -2.07. The molecule has 0 fully saturated rings. The van der Waals surface area contributed by atoms with E-state index < -0.39 is 0 Å². The molecule has 0 saturated carbocycles. The van der Waals surface area contributed by atoms with Gasteiger partial charge in [0, 0.05) is 6.42 Å². The van der Waals surface area contributed by atoms with Crippen LogP contribution in [0.25, 0.3) is 0 Å². The number of H-pyrrole nitrogens is 1. The summed E-state index contributed by atoms with van der Waals surface area (Å²) in [6.07, 6.45) is 1.19. The predicted molar refractivity (Wildman–Crippen MR) is 72.6 cm³/mol. The summed E-state index contributed by atoms with van der Waals surface area (Å²) in [5.74, 6) is 0.953. The van der Waals surface area contributed by atoms with Gasteiger partial charge < -0.3 is 10.7 Å². The molecule has 0 aliphatic rings. The van der Waals surface area contributed by atoms with Gasteiger partial charge in [-0.05, 0) is 24.5 Å². The van der Waals surface area contributed by atoms with Crippen molar-refractivity contribution in [1.82, 2.24) is 9.97 Å². The highest BCUT2D eigenvalue weighted by Gasteiger charge is 2.08. The molecule has 18 heavy (non-hydrogen) atoms. The second-order valence-electron chi connectivity index (χ2n) is 4.33. The van der Waals surface area contributed by atoms with E-state index in [9.17, 15) is 4.79 Å². The fourth-order valence-corrected chi connectivity index (χ4v) is 1.98. The molecule has 0 unspecified atom stereocenters. The quantitative estimate of drug-likeness (QED) is 0.863. The molecule has 0 atom stereocenters. The first kappa shape index (κ1) is 12.4. The Morgan fingerprint density at radius 1 is 1.33 bits per heavy atom. The molecular formula is C14H17N3O. The maximum Gasteiger partial charge on any atom is 0.256 e. The molecule has 4 nitrogen and oxygen atoms in total. The van der Waals surface area contributed by atoms with E-state index in [0.717, 1.165) is 5.56 Å². The van der Waals surface area contributed by atoms with E-state index in [-0.39, 0.29) is 5.56 Å². The number of aromatic amines is 1. The van der Waals surface area contributed by atoms with Crippen LogP contribution in [0.2, 0.25) is 0 Å². The topological polar surface area (TPSA) is 71.8 Å². The zero-order valence-corrected chi connectivity index (χ0v) is 10.7. The maximum atomic E-state index is 11.8. The molecule has 0 aliphatic heterocycles. The Labute approximate surface area is 106 Å². The van der Waals surface area contributed by atoms with E-state index in [1.165, 1.54) is 5.56 Å². The normalized spacial score (nSPS) is 10.6. The van der Waals surface area contributed by atoms with E-state index in [1.807, 2.05) is 38.1 Å². The molecule has 0 radical (unpaired) electrons. The van der Waals surface area contributed by atoms with Crippen molar-refractivity contribution in [3.63, 3.8) is 0 Å². The van der Waals surface area contributed by atoms with Crippen LogP contribution in [-0.2, 0) is 12.8 Å². The SMILES string of the molecule is CCc1c(N)nc(Cc2ccccc2C)[nH]c1=O. The van der Waals surface area contributed by atoms with E-state index in [0.29, 0.717) is 30.0 Å². The van der Waals surface area contributed by atoms with Crippen LogP contribution in [0.15, 0.2) is 29.1 Å². The van der Waals surface area contributed by atoms with Gasteiger partial charge in [-0.2, -0.15) is 0 Å². The average Bonchev–Trinajstić information content (AvgIpc) is 2.32.